The summed E-state index contributed by atoms with van der Waals surface area (Å²) in [7, 11) is 0.976. The summed E-state index contributed by atoms with van der Waals surface area (Å²) in [4.78, 5) is 0. The molecule has 0 saturated carbocycles. The highest BCUT2D eigenvalue weighted by molar-refractivity contribution is 4.99. The molecular formula is C33H61NO25. The zero-order valence-corrected chi connectivity index (χ0v) is 32.3. The topological polar surface area (TPSA) is 425 Å². The molecule has 59 heavy (non-hydrogen) atoms. The van der Waals surface area contributed by atoms with Crippen LogP contribution in [0.4, 0.5) is 0 Å². The van der Waals surface area contributed by atoms with Crippen molar-refractivity contribution in [3.8, 4) is 0 Å². The molecule has 0 aromatic heterocycles. The van der Waals surface area contributed by atoms with Crippen LogP contribution in [0.5, 0.6) is 0 Å². The Morgan fingerprint density at radius 2 is 1.15 bits per heavy atom. The first-order valence-electron chi connectivity index (χ1n) is 18.9. The van der Waals surface area contributed by atoms with Gasteiger partial charge in [0.1, 0.15) is 91.6 Å². The molecule has 0 aliphatic carbocycles. The molecule has 25 unspecified atom stereocenters. The van der Waals surface area contributed by atoms with Gasteiger partial charge in [-0.05, 0) is 0 Å². The van der Waals surface area contributed by atoms with Gasteiger partial charge >= 0.3 is 0 Å². The van der Waals surface area contributed by atoms with Crippen molar-refractivity contribution in [1.29, 1.82) is 0 Å². The molecule has 0 bridgehead atoms. The maximum absolute atomic E-state index is 11.5. The smallest absolute Gasteiger partial charge is 0.190 e. The van der Waals surface area contributed by atoms with Gasteiger partial charge in [-0.15, -0.1) is 0 Å². The molecule has 4 aliphatic rings. The molecule has 4 saturated heterocycles. The van der Waals surface area contributed by atoms with Crippen molar-refractivity contribution in [2.24, 2.45) is 17.6 Å². The number of ether oxygens (including phenoxy) is 10. The van der Waals surface area contributed by atoms with E-state index in [0.29, 0.717) is 0 Å². The van der Waals surface area contributed by atoms with Gasteiger partial charge in [0.15, 0.2) is 37.7 Å². The third-order valence-electron chi connectivity index (χ3n) is 10.7. The number of hydrogen-bond donors (Lipinski definition) is 16. The van der Waals surface area contributed by atoms with E-state index in [0.717, 1.165) is 7.11 Å². The molecule has 4 aliphatic heterocycles. The van der Waals surface area contributed by atoms with Crippen LogP contribution in [0.15, 0.2) is 0 Å². The highest BCUT2D eigenvalue weighted by atomic mass is 16.8. The molecule has 17 N–H and O–H groups in total. The number of epoxide rings is 1. The van der Waals surface area contributed by atoms with Crippen molar-refractivity contribution in [3.05, 3.63) is 0 Å². The molecule has 4 heterocycles. The minimum absolute atomic E-state index is 0.433. The molecule has 348 valence electrons. The van der Waals surface area contributed by atoms with E-state index in [2.05, 4.69) is 0 Å². The van der Waals surface area contributed by atoms with Crippen LogP contribution >= 0.6 is 0 Å². The Morgan fingerprint density at radius 3 is 1.73 bits per heavy atom. The van der Waals surface area contributed by atoms with E-state index in [-0.39, 0.29) is 0 Å². The summed E-state index contributed by atoms with van der Waals surface area (Å²) in [5, 5.41) is 159. The Hall–Kier alpha value is -1.04. The second kappa shape index (κ2) is 22.5. The molecule has 4 fully saturated rings. The number of nitrogens with two attached hydrogens (primary N) is 1. The SMILES string of the molecule is COC(OC(C(O)C(C)CO)C(O)C(O)OC1C(O)C(OC2C(O)C(CO)OC(OCN)C2O)OC2OC21)C(OC1OC(CO)C(O)C(O)C1O)C(O)C(O)C(C)CO. The van der Waals surface area contributed by atoms with Gasteiger partial charge in [0.05, 0.1) is 32.2 Å². The normalized spacial score (nSPS) is 41.4. The highest BCUT2D eigenvalue weighted by Gasteiger charge is 2.60. The summed E-state index contributed by atoms with van der Waals surface area (Å²) in [5.41, 5.74) is 5.38. The first-order chi connectivity index (χ1) is 27.9. The third kappa shape index (κ3) is 11.6. The fourth-order valence-corrected chi connectivity index (χ4v) is 6.78. The van der Waals surface area contributed by atoms with E-state index in [4.69, 9.17) is 53.1 Å². The first kappa shape index (κ1) is 50.6. The van der Waals surface area contributed by atoms with E-state index >= 15 is 0 Å². The zero-order chi connectivity index (χ0) is 44.0. The van der Waals surface area contributed by atoms with Crippen LogP contribution in [0.1, 0.15) is 13.8 Å². The molecule has 0 aromatic carbocycles. The first-order valence-corrected chi connectivity index (χ1v) is 18.9. The van der Waals surface area contributed by atoms with Crippen LogP contribution in [-0.4, -0.2) is 258 Å². The van der Waals surface area contributed by atoms with Crippen LogP contribution in [0, 0.1) is 11.8 Å². The van der Waals surface area contributed by atoms with Crippen molar-refractivity contribution in [1.82, 2.24) is 0 Å². The average molecular weight is 872 g/mol. The Labute approximate surface area is 337 Å². The standard InChI is InChI=1S/C33H61NO25/c1-9(4-35)13(39)18(44)26(57-30-19(45)17(43)15(41)11(6-37)53-30)32(50-3)56-23(14(40)10(2)5-36)20(46)28(49)54-25-22(48)31(59-33-27(25)58-33)55-24-16(42)12(7-38)52-29(21(24)47)51-8-34/h9-33,35-49H,4-8,34H2,1-3H3. The van der Waals surface area contributed by atoms with Gasteiger partial charge in [-0.1, -0.05) is 13.8 Å². The van der Waals surface area contributed by atoms with E-state index in [1.165, 1.54) is 13.8 Å². The minimum atomic E-state index is -2.42. The van der Waals surface area contributed by atoms with Gasteiger partial charge in [0.2, 0.25) is 0 Å². The Bertz CT molecular complexity index is 1230. The van der Waals surface area contributed by atoms with E-state index in [1.807, 2.05) is 0 Å². The summed E-state index contributed by atoms with van der Waals surface area (Å²) in [6, 6.07) is 0. The lowest BCUT2D eigenvalue weighted by molar-refractivity contribution is -0.357. The molecule has 0 spiro atoms. The maximum Gasteiger partial charge on any atom is 0.190 e. The predicted octanol–water partition coefficient (Wildman–Crippen LogP) is -9.87. The Morgan fingerprint density at radius 1 is 0.576 bits per heavy atom. The maximum atomic E-state index is 11.5. The number of rotatable bonds is 23. The van der Waals surface area contributed by atoms with Crippen LogP contribution in [0.25, 0.3) is 0 Å². The van der Waals surface area contributed by atoms with Gasteiger partial charge < -0.3 is 130 Å². The van der Waals surface area contributed by atoms with Gasteiger partial charge in [-0.3, -0.25) is 0 Å². The predicted molar refractivity (Wildman–Crippen MR) is 184 cm³/mol. The summed E-state index contributed by atoms with van der Waals surface area (Å²) in [5.74, 6) is -2.19. The van der Waals surface area contributed by atoms with E-state index < -0.39 is 187 Å². The zero-order valence-electron chi connectivity index (χ0n) is 32.3. The van der Waals surface area contributed by atoms with Crippen molar-refractivity contribution in [2.75, 3.05) is 40.3 Å². The van der Waals surface area contributed by atoms with Crippen molar-refractivity contribution < 1.29 is 124 Å². The van der Waals surface area contributed by atoms with Crippen LogP contribution < -0.4 is 5.73 Å². The highest BCUT2D eigenvalue weighted by Crippen LogP contribution is 2.40. The van der Waals surface area contributed by atoms with Gasteiger partial charge in [0.25, 0.3) is 0 Å². The summed E-state index contributed by atoms with van der Waals surface area (Å²) >= 11 is 0. The van der Waals surface area contributed by atoms with Crippen LogP contribution in [0.2, 0.25) is 0 Å². The van der Waals surface area contributed by atoms with E-state index in [9.17, 15) is 76.6 Å². The molecule has 4 rings (SSSR count). The Balaban J connectivity index is 1.57. The minimum Gasteiger partial charge on any atom is -0.396 e. The number of hydrogen-bond acceptors (Lipinski definition) is 26. The third-order valence-corrected chi connectivity index (χ3v) is 10.7. The molecule has 26 nitrogen and oxygen atoms in total. The molecule has 26 heteroatoms. The molecular weight excluding hydrogens is 810 g/mol. The monoisotopic (exact) mass is 871 g/mol. The number of aliphatic hydroxyl groups is 15. The molecule has 0 radical (unpaired) electrons. The van der Waals surface area contributed by atoms with Gasteiger partial charge in [-0.2, -0.15) is 0 Å². The lowest BCUT2D eigenvalue weighted by Crippen LogP contribution is -2.63. The quantitative estimate of drug-likeness (QED) is 0.0335. The number of fused-ring (bicyclic) bond motifs is 1. The van der Waals surface area contributed by atoms with Crippen molar-refractivity contribution in [3.63, 3.8) is 0 Å². The van der Waals surface area contributed by atoms with Gasteiger partial charge in [0, 0.05) is 32.2 Å². The fraction of sp³-hybridized carbons (Fsp3) is 1.00. The second-order valence-electron chi connectivity index (χ2n) is 14.9. The molecule has 25 atom stereocenters. The molecule has 0 amide bonds. The summed E-state index contributed by atoms with van der Waals surface area (Å²) in [6.07, 6.45) is -41.5. The van der Waals surface area contributed by atoms with E-state index in [1.54, 1.807) is 0 Å². The fourth-order valence-electron chi connectivity index (χ4n) is 6.78. The average Bonchev–Trinajstić information content (AvgIpc) is 4.02. The Kier molecular flexibility index (Phi) is 19.3. The van der Waals surface area contributed by atoms with Crippen molar-refractivity contribution in [2.45, 2.75) is 155 Å². The molecule has 0 aromatic rings. The summed E-state index contributed by atoms with van der Waals surface area (Å²) in [6.45, 7) is -0.809. The lowest BCUT2D eigenvalue weighted by Gasteiger charge is -2.44. The number of methoxy groups -OCH3 is 1. The van der Waals surface area contributed by atoms with Crippen molar-refractivity contribution >= 4 is 0 Å². The number of aliphatic hydroxyl groups excluding tert-OH is 15. The van der Waals surface area contributed by atoms with Crippen LogP contribution in [0.3, 0.4) is 0 Å². The summed E-state index contributed by atoms with van der Waals surface area (Å²) < 4.78 is 54.9. The van der Waals surface area contributed by atoms with Gasteiger partial charge in [-0.25, -0.2) is 0 Å². The van der Waals surface area contributed by atoms with Crippen LogP contribution in [-0.2, 0) is 47.4 Å². The lowest BCUT2D eigenvalue weighted by atomic mass is 9.94. The largest absolute Gasteiger partial charge is 0.396 e. The second-order valence-corrected chi connectivity index (χ2v) is 14.9.